The monoisotopic (exact) mass is 288 g/mol. The minimum atomic E-state index is 0.253. The molecule has 1 aromatic carbocycles. The van der Waals surface area contributed by atoms with Gasteiger partial charge in [-0.2, -0.15) is 0 Å². The maximum atomic E-state index is 5.90. The zero-order chi connectivity index (χ0) is 14.1. The Morgan fingerprint density at radius 1 is 1.24 bits per heavy atom. The summed E-state index contributed by atoms with van der Waals surface area (Å²) in [5, 5.41) is 3.36. The third kappa shape index (κ3) is 2.76. The molecular formula is C16H20N2O3. The van der Waals surface area contributed by atoms with Crippen molar-refractivity contribution in [3.63, 3.8) is 0 Å². The van der Waals surface area contributed by atoms with Crippen molar-refractivity contribution in [2.45, 2.75) is 31.3 Å². The van der Waals surface area contributed by atoms with E-state index in [0.29, 0.717) is 12.5 Å². The van der Waals surface area contributed by atoms with E-state index in [9.17, 15) is 0 Å². The summed E-state index contributed by atoms with van der Waals surface area (Å²) in [6.45, 7) is 3.55. The van der Waals surface area contributed by atoms with Crippen molar-refractivity contribution in [2.75, 3.05) is 26.3 Å². The smallest absolute Gasteiger partial charge is 0.198 e. The molecule has 0 saturated carbocycles. The number of hydrogen-bond acceptors (Lipinski definition) is 5. The molecule has 5 heteroatoms. The van der Waals surface area contributed by atoms with Crippen molar-refractivity contribution in [1.82, 2.24) is 10.3 Å². The minimum Gasteiger partial charge on any atom is -0.491 e. The topological polar surface area (TPSA) is 56.5 Å². The van der Waals surface area contributed by atoms with Crippen LogP contribution in [0.3, 0.4) is 0 Å². The molecule has 2 fully saturated rings. The highest BCUT2D eigenvalue weighted by Gasteiger charge is 2.21. The second-order valence-corrected chi connectivity index (χ2v) is 5.80. The van der Waals surface area contributed by atoms with Crippen LogP contribution in [0.2, 0.25) is 0 Å². The summed E-state index contributed by atoms with van der Waals surface area (Å²) in [5.41, 5.74) is 1.73. The van der Waals surface area contributed by atoms with Gasteiger partial charge in [-0.25, -0.2) is 4.98 Å². The Bertz CT molecular complexity index is 615. The molecular weight excluding hydrogens is 268 g/mol. The van der Waals surface area contributed by atoms with E-state index in [4.69, 9.17) is 13.9 Å². The minimum absolute atomic E-state index is 0.253. The Balaban J connectivity index is 1.50. The van der Waals surface area contributed by atoms with Crippen LogP contribution in [-0.2, 0) is 4.74 Å². The Hall–Kier alpha value is -1.59. The SMILES string of the molecule is c1cc2oc(C3CCNCC3)nc2cc1OCC1CCO1. The number of aromatic nitrogens is 1. The molecule has 112 valence electrons. The summed E-state index contributed by atoms with van der Waals surface area (Å²) in [6.07, 6.45) is 3.53. The first-order chi connectivity index (χ1) is 10.4. The van der Waals surface area contributed by atoms with Crippen LogP contribution in [0, 0.1) is 0 Å². The lowest BCUT2D eigenvalue weighted by molar-refractivity contribution is -0.0720. The van der Waals surface area contributed by atoms with Crippen molar-refractivity contribution in [3.8, 4) is 5.75 Å². The largest absolute Gasteiger partial charge is 0.491 e. The molecule has 0 spiro atoms. The third-order valence-corrected chi connectivity index (χ3v) is 4.29. The average Bonchev–Trinajstić information content (AvgIpc) is 2.90. The molecule has 21 heavy (non-hydrogen) atoms. The van der Waals surface area contributed by atoms with Crippen LogP contribution >= 0.6 is 0 Å². The van der Waals surface area contributed by atoms with Crippen LogP contribution in [-0.4, -0.2) is 37.4 Å². The number of nitrogens with zero attached hydrogens (tertiary/aromatic N) is 1. The van der Waals surface area contributed by atoms with E-state index < -0.39 is 0 Å². The molecule has 0 amide bonds. The number of benzene rings is 1. The lowest BCUT2D eigenvalue weighted by Crippen LogP contribution is -2.32. The van der Waals surface area contributed by atoms with Crippen molar-refractivity contribution < 1.29 is 13.9 Å². The number of rotatable bonds is 4. The second-order valence-electron chi connectivity index (χ2n) is 5.80. The molecule has 0 bridgehead atoms. The molecule has 3 heterocycles. The molecule has 4 rings (SSSR count). The molecule has 0 radical (unpaired) electrons. The molecule has 5 nitrogen and oxygen atoms in total. The van der Waals surface area contributed by atoms with E-state index in [1.54, 1.807) is 0 Å². The second kappa shape index (κ2) is 5.66. The molecule has 1 atom stereocenters. The van der Waals surface area contributed by atoms with Gasteiger partial charge in [0.05, 0.1) is 6.10 Å². The number of piperidine rings is 1. The van der Waals surface area contributed by atoms with E-state index in [1.165, 1.54) is 0 Å². The van der Waals surface area contributed by atoms with E-state index >= 15 is 0 Å². The lowest BCUT2D eigenvalue weighted by atomic mass is 9.98. The summed E-state index contributed by atoms with van der Waals surface area (Å²) in [4.78, 5) is 4.65. The quantitative estimate of drug-likeness (QED) is 0.936. The van der Waals surface area contributed by atoms with Crippen LogP contribution in [0.25, 0.3) is 11.1 Å². The molecule has 1 aromatic heterocycles. The summed E-state index contributed by atoms with van der Waals surface area (Å²) in [5.74, 6) is 2.14. The maximum Gasteiger partial charge on any atom is 0.198 e. The Labute approximate surface area is 123 Å². The van der Waals surface area contributed by atoms with Gasteiger partial charge in [0.2, 0.25) is 0 Å². The van der Waals surface area contributed by atoms with Crippen LogP contribution < -0.4 is 10.1 Å². The lowest BCUT2D eigenvalue weighted by Gasteiger charge is -2.26. The van der Waals surface area contributed by atoms with Crippen molar-refractivity contribution in [1.29, 1.82) is 0 Å². The number of ether oxygens (including phenoxy) is 2. The first-order valence-electron chi connectivity index (χ1n) is 7.74. The van der Waals surface area contributed by atoms with Crippen LogP contribution in [0.15, 0.2) is 22.6 Å². The predicted octanol–water partition coefficient (Wildman–Crippen LogP) is 2.46. The van der Waals surface area contributed by atoms with Gasteiger partial charge in [-0.1, -0.05) is 0 Å². The van der Waals surface area contributed by atoms with Gasteiger partial charge in [0.1, 0.15) is 17.9 Å². The number of hydrogen-bond donors (Lipinski definition) is 1. The highest BCUT2D eigenvalue weighted by Crippen LogP contribution is 2.29. The Kier molecular flexibility index (Phi) is 3.53. The zero-order valence-electron chi connectivity index (χ0n) is 12.0. The highest BCUT2D eigenvalue weighted by molar-refractivity contribution is 5.74. The number of oxazole rings is 1. The first-order valence-corrected chi connectivity index (χ1v) is 7.74. The summed E-state index contributed by atoms with van der Waals surface area (Å²) in [7, 11) is 0. The first kappa shape index (κ1) is 13.1. The van der Waals surface area contributed by atoms with Crippen molar-refractivity contribution in [3.05, 3.63) is 24.1 Å². The van der Waals surface area contributed by atoms with E-state index in [2.05, 4.69) is 10.3 Å². The van der Waals surface area contributed by atoms with Gasteiger partial charge in [-0.15, -0.1) is 0 Å². The molecule has 2 aliphatic rings. The molecule has 1 N–H and O–H groups in total. The Morgan fingerprint density at radius 3 is 2.86 bits per heavy atom. The Morgan fingerprint density at radius 2 is 2.10 bits per heavy atom. The molecule has 1 unspecified atom stereocenters. The standard InChI is InChI=1S/C16H20N2O3/c1-2-15-14(9-12(1)20-10-13-5-8-19-13)18-16(21-15)11-3-6-17-7-4-11/h1-2,9,11,13,17H,3-8,10H2. The molecule has 2 saturated heterocycles. The van der Waals surface area contributed by atoms with E-state index in [1.807, 2.05) is 18.2 Å². The van der Waals surface area contributed by atoms with Gasteiger partial charge in [0.15, 0.2) is 11.5 Å². The van der Waals surface area contributed by atoms with Crippen LogP contribution in [0.1, 0.15) is 31.1 Å². The fourth-order valence-electron chi connectivity index (χ4n) is 2.86. The van der Waals surface area contributed by atoms with E-state index in [0.717, 1.165) is 61.7 Å². The summed E-state index contributed by atoms with van der Waals surface area (Å²) >= 11 is 0. The normalized spacial score (nSPS) is 23.1. The molecule has 0 aliphatic carbocycles. The fourth-order valence-corrected chi connectivity index (χ4v) is 2.86. The summed E-state index contributed by atoms with van der Waals surface area (Å²) in [6, 6.07) is 5.85. The van der Waals surface area contributed by atoms with Gasteiger partial charge >= 0.3 is 0 Å². The fraction of sp³-hybridized carbons (Fsp3) is 0.562. The van der Waals surface area contributed by atoms with Gasteiger partial charge in [-0.3, -0.25) is 0 Å². The third-order valence-electron chi connectivity index (χ3n) is 4.29. The van der Waals surface area contributed by atoms with Gasteiger partial charge < -0.3 is 19.2 Å². The number of nitrogens with one attached hydrogen (secondary N) is 1. The van der Waals surface area contributed by atoms with Crippen LogP contribution in [0.4, 0.5) is 0 Å². The highest BCUT2D eigenvalue weighted by atomic mass is 16.5. The summed E-state index contributed by atoms with van der Waals surface area (Å²) < 4.78 is 17.0. The predicted molar refractivity (Wildman–Crippen MR) is 78.7 cm³/mol. The van der Waals surface area contributed by atoms with Crippen molar-refractivity contribution >= 4 is 11.1 Å². The van der Waals surface area contributed by atoms with Crippen molar-refractivity contribution in [2.24, 2.45) is 0 Å². The van der Waals surface area contributed by atoms with Gasteiger partial charge in [0, 0.05) is 25.0 Å². The molecule has 2 aliphatic heterocycles. The van der Waals surface area contributed by atoms with Gasteiger partial charge in [-0.05, 0) is 38.1 Å². The molecule has 2 aromatic rings. The zero-order valence-corrected chi connectivity index (χ0v) is 12.0. The maximum absolute atomic E-state index is 5.90. The average molecular weight is 288 g/mol. The van der Waals surface area contributed by atoms with Gasteiger partial charge in [0.25, 0.3) is 0 Å². The van der Waals surface area contributed by atoms with Crippen LogP contribution in [0.5, 0.6) is 5.75 Å². The van der Waals surface area contributed by atoms with E-state index in [-0.39, 0.29) is 6.10 Å². The number of fused-ring (bicyclic) bond motifs is 1.